The Morgan fingerprint density at radius 3 is 2.35 bits per heavy atom. The van der Waals surface area contributed by atoms with Crippen molar-refractivity contribution in [1.29, 1.82) is 0 Å². The molecule has 0 spiro atoms. The molecule has 0 saturated carbocycles. The molecule has 4 heteroatoms. The molecule has 0 atom stereocenters. The average Bonchev–Trinajstić information content (AvgIpc) is 2.47. The summed E-state index contributed by atoms with van der Waals surface area (Å²) in [6.45, 7) is 0.729. The number of methoxy groups -OCH3 is 1. The number of benzene rings is 2. The number of ether oxygens (including phenoxy) is 2. The van der Waals surface area contributed by atoms with Crippen LogP contribution in [0.25, 0.3) is 0 Å². The first-order chi connectivity index (χ1) is 9.72. The van der Waals surface area contributed by atoms with E-state index in [0.29, 0.717) is 5.88 Å². The fourth-order valence-corrected chi connectivity index (χ4v) is 2.67. The molecule has 0 radical (unpaired) electrons. The van der Waals surface area contributed by atoms with Crippen LogP contribution in [-0.4, -0.2) is 13.7 Å². The summed E-state index contributed by atoms with van der Waals surface area (Å²) in [4.78, 5) is 0. The molecule has 0 aliphatic rings. The minimum Gasteiger partial charge on any atom is -0.457 e. The maximum Gasteiger partial charge on any atom is 0.128 e. The number of alkyl halides is 1. The number of rotatable bonds is 6. The van der Waals surface area contributed by atoms with Crippen molar-refractivity contribution >= 4 is 27.5 Å². The van der Waals surface area contributed by atoms with E-state index < -0.39 is 0 Å². The molecule has 0 unspecified atom stereocenters. The van der Waals surface area contributed by atoms with Crippen LogP contribution in [-0.2, 0) is 17.0 Å². The van der Waals surface area contributed by atoms with Crippen LogP contribution in [0.3, 0.4) is 0 Å². The molecule has 2 nitrogen and oxygen atoms in total. The van der Waals surface area contributed by atoms with Crippen molar-refractivity contribution < 1.29 is 9.47 Å². The van der Waals surface area contributed by atoms with E-state index >= 15 is 0 Å². The second-order valence-electron chi connectivity index (χ2n) is 4.38. The molecule has 0 aliphatic carbocycles. The van der Waals surface area contributed by atoms with Crippen molar-refractivity contribution in [2.24, 2.45) is 0 Å². The first-order valence-electron chi connectivity index (χ1n) is 6.33. The molecule has 0 fully saturated rings. The van der Waals surface area contributed by atoms with E-state index in [4.69, 9.17) is 21.1 Å². The summed E-state index contributed by atoms with van der Waals surface area (Å²) < 4.78 is 11.8. The van der Waals surface area contributed by atoms with Gasteiger partial charge in [-0.05, 0) is 41.8 Å². The first kappa shape index (κ1) is 15.4. The maximum absolute atomic E-state index is 5.82. The van der Waals surface area contributed by atoms with Gasteiger partial charge in [0.2, 0.25) is 0 Å². The van der Waals surface area contributed by atoms with E-state index in [1.54, 1.807) is 7.11 Å². The van der Waals surface area contributed by atoms with Crippen LogP contribution >= 0.6 is 27.5 Å². The van der Waals surface area contributed by atoms with Crippen molar-refractivity contribution in [3.05, 3.63) is 58.1 Å². The van der Waals surface area contributed by atoms with Gasteiger partial charge < -0.3 is 9.47 Å². The third-order valence-electron chi connectivity index (χ3n) is 2.92. The standard InChI is InChI=1S/C16H16BrClO2/c1-19-9-8-12-2-5-14(6-3-12)20-15-7-4-13(11-18)16(17)10-15/h2-7,10H,8-9,11H2,1H3. The molecule has 2 rings (SSSR count). The quantitative estimate of drug-likeness (QED) is 0.666. The highest BCUT2D eigenvalue weighted by Crippen LogP contribution is 2.28. The lowest BCUT2D eigenvalue weighted by atomic mass is 10.1. The Kier molecular flexibility index (Phi) is 5.89. The number of hydrogen-bond acceptors (Lipinski definition) is 2. The Morgan fingerprint density at radius 2 is 1.75 bits per heavy atom. The van der Waals surface area contributed by atoms with Gasteiger partial charge in [0, 0.05) is 17.5 Å². The largest absolute Gasteiger partial charge is 0.457 e. The van der Waals surface area contributed by atoms with E-state index in [1.807, 2.05) is 30.3 Å². The van der Waals surface area contributed by atoms with Gasteiger partial charge in [0.05, 0.1) is 6.61 Å². The Labute approximate surface area is 132 Å². The lowest BCUT2D eigenvalue weighted by Gasteiger charge is -2.08. The van der Waals surface area contributed by atoms with Crippen LogP contribution in [0.2, 0.25) is 0 Å². The minimum atomic E-state index is 0.481. The lowest BCUT2D eigenvalue weighted by molar-refractivity contribution is 0.202. The van der Waals surface area contributed by atoms with E-state index in [0.717, 1.165) is 34.6 Å². The van der Waals surface area contributed by atoms with Gasteiger partial charge in [0.25, 0.3) is 0 Å². The summed E-state index contributed by atoms with van der Waals surface area (Å²) in [6.07, 6.45) is 0.909. The van der Waals surface area contributed by atoms with Crippen molar-refractivity contribution in [3.8, 4) is 11.5 Å². The van der Waals surface area contributed by atoms with Gasteiger partial charge in [-0.15, -0.1) is 11.6 Å². The third kappa shape index (κ3) is 4.23. The molecule has 0 heterocycles. The second-order valence-corrected chi connectivity index (χ2v) is 5.50. The van der Waals surface area contributed by atoms with Crippen molar-refractivity contribution in [3.63, 3.8) is 0 Å². The maximum atomic E-state index is 5.82. The SMILES string of the molecule is COCCc1ccc(Oc2ccc(CCl)c(Br)c2)cc1. The molecule has 0 bridgehead atoms. The Hall–Kier alpha value is -1.03. The molecule has 0 aromatic heterocycles. The lowest BCUT2D eigenvalue weighted by Crippen LogP contribution is -1.94. The Morgan fingerprint density at radius 1 is 1.05 bits per heavy atom. The Bertz CT molecular complexity index is 555. The zero-order valence-corrected chi connectivity index (χ0v) is 13.6. The van der Waals surface area contributed by atoms with E-state index in [-0.39, 0.29) is 0 Å². The van der Waals surface area contributed by atoms with Gasteiger partial charge in [-0.3, -0.25) is 0 Å². The number of hydrogen-bond donors (Lipinski definition) is 0. The summed E-state index contributed by atoms with van der Waals surface area (Å²) in [7, 11) is 1.71. The van der Waals surface area contributed by atoms with Gasteiger partial charge in [-0.25, -0.2) is 0 Å². The van der Waals surface area contributed by atoms with Crippen molar-refractivity contribution in [2.45, 2.75) is 12.3 Å². The van der Waals surface area contributed by atoms with Crippen molar-refractivity contribution in [1.82, 2.24) is 0 Å². The summed E-state index contributed by atoms with van der Waals surface area (Å²) in [5.74, 6) is 2.08. The van der Waals surface area contributed by atoms with Gasteiger partial charge >= 0.3 is 0 Å². The molecule has 0 aliphatic heterocycles. The van der Waals surface area contributed by atoms with E-state index in [1.165, 1.54) is 5.56 Å². The molecule has 0 N–H and O–H groups in total. The van der Waals surface area contributed by atoms with Gasteiger partial charge in [0.15, 0.2) is 0 Å². The predicted molar refractivity (Wildman–Crippen MR) is 85.8 cm³/mol. The number of halogens is 2. The molecular formula is C16H16BrClO2. The van der Waals surface area contributed by atoms with Crippen LogP contribution < -0.4 is 4.74 Å². The Balaban J connectivity index is 2.04. The summed E-state index contributed by atoms with van der Waals surface area (Å²) in [6, 6.07) is 13.8. The van der Waals surface area contributed by atoms with Crippen LogP contribution in [0.1, 0.15) is 11.1 Å². The average molecular weight is 356 g/mol. The molecule has 20 heavy (non-hydrogen) atoms. The highest BCUT2D eigenvalue weighted by atomic mass is 79.9. The summed E-state index contributed by atoms with van der Waals surface area (Å²) in [5.41, 5.74) is 2.28. The van der Waals surface area contributed by atoms with Gasteiger partial charge in [-0.2, -0.15) is 0 Å². The van der Waals surface area contributed by atoms with Crippen molar-refractivity contribution in [2.75, 3.05) is 13.7 Å². The minimum absolute atomic E-state index is 0.481. The third-order valence-corrected chi connectivity index (χ3v) is 3.95. The van der Waals surface area contributed by atoms with Crippen LogP contribution in [0.15, 0.2) is 46.9 Å². The molecule has 2 aromatic carbocycles. The summed E-state index contributed by atoms with van der Waals surface area (Å²) >= 11 is 9.31. The highest BCUT2D eigenvalue weighted by Gasteiger charge is 2.03. The first-order valence-corrected chi connectivity index (χ1v) is 7.66. The van der Waals surface area contributed by atoms with Crippen LogP contribution in [0, 0.1) is 0 Å². The molecule has 2 aromatic rings. The molecule has 106 valence electrons. The molecule has 0 saturated heterocycles. The topological polar surface area (TPSA) is 18.5 Å². The smallest absolute Gasteiger partial charge is 0.128 e. The fourth-order valence-electron chi connectivity index (χ4n) is 1.78. The monoisotopic (exact) mass is 354 g/mol. The predicted octanol–water partition coefficient (Wildman–Crippen LogP) is 5.17. The molecule has 0 amide bonds. The van der Waals surface area contributed by atoms with E-state index in [2.05, 4.69) is 28.1 Å². The van der Waals surface area contributed by atoms with Crippen LogP contribution in [0.4, 0.5) is 0 Å². The normalized spacial score (nSPS) is 10.6. The fraction of sp³-hybridized carbons (Fsp3) is 0.250. The highest BCUT2D eigenvalue weighted by molar-refractivity contribution is 9.10. The molecular weight excluding hydrogens is 340 g/mol. The summed E-state index contributed by atoms with van der Waals surface area (Å²) in [5, 5.41) is 0. The van der Waals surface area contributed by atoms with Gasteiger partial charge in [-0.1, -0.05) is 34.1 Å². The van der Waals surface area contributed by atoms with E-state index in [9.17, 15) is 0 Å². The van der Waals surface area contributed by atoms with Gasteiger partial charge in [0.1, 0.15) is 11.5 Å². The zero-order chi connectivity index (χ0) is 14.4. The zero-order valence-electron chi connectivity index (χ0n) is 11.2. The second kappa shape index (κ2) is 7.67. The van der Waals surface area contributed by atoms with Crippen LogP contribution in [0.5, 0.6) is 11.5 Å².